The van der Waals surface area contributed by atoms with Crippen LogP contribution in [0, 0.1) is 0 Å². The number of aromatic nitrogens is 1. The van der Waals surface area contributed by atoms with Gasteiger partial charge in [-0.25, -0.2) is 4.98 Å². The fourth-order valence-electron chi connectivity index (χ4n) is 1.88. The molecule has 1 fully saturated rings. The van der Waals surface area contributed by atoms with Crippen molar-refractivity contribution in [2.24, 2.45) is 0 Å². The molecule has 1 aromatic heterocycles. The molecule has 17 heavy (non-hydrogen) atoms. The summed E-state index contributed by atoms with van der Waals surface area (Å²) in [5.41, 5.74) is 6.15. The lowest BCUT2D eigenvalue weighted by Gasteiger charge is -2.28. The Kier molecular flexibility index (Phi) is 4.01. The van der Waals surface area contributed by atoms with Gasteiger partial charge in [-0.1, -0.05) is 0 Å². The van der Waals surface area contributed by atoms with Crippen molar-refractivity contribution in [2.75, 3.05) is 18.9 Å². The van der Waals surface area contributed by atoms with Gasteiger partial charge in [-0.2, -0.15) is 0 Å². The summed E-state index contributed by atoms with van der Waals surface area (Å²) in [4.78, 5) is 4.28. The summed E-state index contributed by atoms with van der Waals surface area (Å²) in [5, 5.41) is 2.54. The Morgan fingerprint density at radius 1 is 1.59 bits per heavy atom. The van der Waals surface area contributed by atoms with Gasteiger partial charge in [-0.3, -0.25) is 0 Å². The second-order valence-corrected chi connectivity index (χ2v) is 5.77. The van der Waals surface area contributed by atoms with Gasteiger partial charge in [0.2, 0.25) is 0 Å². The van der Waals surface area contributed by atoms with Crippen LogP contribution >= 0.6 is 11.3 Å². The maximum absolute atomic E-state index is 5.93. The normalized spacial score (nSPS) is 21.6. The van der Waals surface area contributed by atoms with E-state index in [9.17, 15) is 0 Å². The Hall–Kier alpha value is -0.650. The van der Waals surface area contributed by atoms with Crippen LogP contribution in [0.3, 0.4) is 0 Å². The van der Waals surface area contributed by atoms with Crippen molar-refractivity contribution in [3.63, 3.8) is 0 Å². The van der Waals surface area contributed by atoms with E-state index < -0.39 is 5.60 Å². The van der Waals surface area contributed by atoms with Crippen molar-refractivity contribution in [1.82, 2.24) is 4.98 Å². The van der Waals surface area contributed by atoms with E-state index in [0.717, 1.165) is 18.7 Å². The van der Waals surface area contributed by atoms with E-state index in [1.165, 1.54) is 24.2 Å². The van der Waals surface area contributed by atoms with Gasteiger partial charge < -0.3 is 15.2 Å². The Bertz CT molecular complexity index is 359. The SMILES string of the molecule is CC(C)(OCC1CCCCO1)c1csc(N)n1. The van der Waals surface area contributed by atoms with Crippen LogP contribution in [0.15, 0.2) is 5.38 Å². The molecule has 2 N–H and O–H groups in total. The van der Waals surface area contributed by atoms with Crippen molar-refractivity contribution < 1.29 is 9.47 Å². The molecule has 2 rings (SSSR count). The monoisotopic (exact) mass is 256 g/mol. The zero-order chi connectivity index (χ0) is 12.3. The minimum atomic E-state index is -0.394. The van der Waals surface area contributed by atoms with Crippen LogP contribution in [0.4, 0.5) is 5.13 Å². The predicted octanol–water partition coefficient (Wildman–Crippen LogP) is 2.55. The Morgan fingerprint density at radius 2 is 2.41 bits per heavy atom. The van der Waals surface area contributed by atoms with Crippen LogP contribution in [-0.4, -0.2) is 24.3 Å². The van der Waals surface area contributed by atoms with Crippen LogP contribution in [0.25, 0.3) is 0 Å². The lowest BCUT2D eigenvalue weighted by molar-refractivity contribution is -0.0974. The molecular formula is C12H20N2O2S. The molecule has 1 unspecified atom stereocenters. The fourth-order valence-corrected chi connectivity index (χ4v) is 2.60. The van der Waals surface area contributed by atoms with Crippen molar-refractivity contribution in [2.45, 2.75) is 44.8 Å². The minimum Gasteiger partial charge on any atom is -0.376 e. The number of nitrogens with two attached hydrogens (primary N) is 1. The first kappa shape index (κ1) is 12.8. The van der Waals surface area contributed by atoms with Gasteiger partial charge in [-0.15, -0.1) is 11.3 Å². The van der Waals surface area contributed by atoms with Crippen LogP contribution < -0.4 is 5.73 Å². The molecule has 1 atom stereocenters. The number of hydrogen-bond acceptors (Lipinski definition) is 5. The van der Waals surface area contributed by atoms with Crippen LogP contribution in [0.1, 0.15) is 38.8 Å². The highest BCUT2D eigenvalue weighted by Crippen LogP contribution is 2.28. The fraction of sp³-hybridized carbons (Fsp3) is 0.750. The maximum Gasteiger partial charge on any atom is 0.180 e. The number of rotatable bonds is 4. The average molecular weight is 256 g/mol. The van der Waals surface area contributed by atoms with Crippen molar-refractivity contribution in [1.29, 1.82) is 0 Å². The molecule has 2 heterocycles. The molecule has 0 spiro atoms. The highest BCUT2D eigenvalue weighted by Gasteiger charge is 2.26. The first-order chi connectivity index (χ1) is 8.08. The molecule has 4 nitrogen and oxygen atoms in total. The van der Waals surface area contributed by atoms with Gasteiger partial charge in [0, 0.05) is 12.0 Å². The number of hydrogen-bond donors (Lipinski definition) is 1. The van der Waals surface area contributed by atoms with E-state index in [-0.39, 0.29) is 6.10 Å². The van der Waals surface area contributed by atoms with Crippen LogP contribution in [-0.2, 0) is 15.1 Å². The van der Waals surface area contributed by atoms with Crippen LogP contribution in [0.2, 0.25) is 0 Å². The third-order valence-electron chi connectivity index (χ3n) is 3.04. The number of thiazole rings is 1. The summed E-state index contributed by atoms with van der Waals surface area (Å²) >= 11 is 1.45. The zero-order valence-electron chi connectivity index (χ0n) is 10.4. The highest BCUT2D eigenvalue weighted by molar-refractivity contribution is 7.13. The minimum absolute atomic E-state index is 0.235. The first-order valence-corrected chi connectivity index (χ1v) is 6.93. The Balaban J connectivity index is 1.88. The standard InChI is InChI=1S/C12H20N2O2S/c1-12(2,10-8-17-11(13)14-10)16-7-9-5-3-4-6-15-9/h8-9H,3-7H2,1-2H3,(H2,13,14). The molecule has 0 amide bonds. The van der Waals surface area contributed by atoms with Gasteiger partial charge >= 0.3 is 0 Å². The van der Waals surface area contributed by atoms with E-state index in [4.69, 9.17) is 15.2 Å². The molecule has 0 saturated carbocycles. The quantitative estimate of drug-likeness (QED) is 0.899. The van der Waals surface area contributed by atoms with Gasteiger partial charge in [-0.05, 0) is 33.1 Å². The molecule has 1 aliphatic heterocycles. The lowest BCUT2D eigenvalue weighted by atomic mass is 10.1. The average Bonchev–Trinajstić information content (AvgIpc) is 2.76. The molecule has 0 aromatic carbocycles. The second-order valence-electron chi connectivity index (χ2n) is 4.88. The summed E-state index contributed by atoms with van der Waals surface area (Å²) in [6.45, 7) is 5.52. The second kappa shape index (κ2) is 5.33. The molecule has 0 bridgehead atoms. The topological polar surface area (TPSA) is 57.4 Å². The highest BCUT2D eigenvalue weighted by atomic mass is 32.1. The molecule has 1 aromatic rings. The molecule has 0 aliphatic carbocycles. The molecule has 5 heteroatoms. The largest absolute Gasteiger partial charge is 0.376 e. The summed E-state index contributed by atoms with van der Waals surface area (Å²) in [6, 6.07) is 0. The van der Waals surface area contributed by atoms with Gasteiger partial charge in [0.05, 0.1) is 18.4 Å². The third kappa shape index (κ3) is 3.40. The lowest BCUT2D eigenvalue weighted by Crippen LogP contribution is -2.31. The van der Waals surface area contributed by atoms with E-state index in [1.807, 2.05) is 19.2 Å². The molecule has 1 saturated heterocycles. The van der Waals surface area contributed by atoms with Gasteiger partial charge in [0.25, 0.3) is 0 Å². The summed E-state index contributed by atoms with van der Waals surface area (Å²) in [5.74, 6) is 0. The number of ether oxygens (including phenoxy) is 2. The van der Waals surface area contributed by atoms with E-state index >= 15 is 0 Å². The van der Waals surface area contributed by atoms with Crippen molar-refractivity contribution >= 4 is 16.5 Å². The van der Waals surface area contributed by atoms with Crippen molar-refractivity contribution in [3.8, 4) is 0 Å². The van der Waals surface area contributed by atoms with E-state index in [2.05, 4.69) is 4.98 Å². The number of anilines is 1. The third-order valence-corrected chi connectivity index (χ3v) is 3.72. The van der Waals surface area contributed by atoms with E-state index in [0.29, 0.717) is 11.7 Å². The first-order valence-electron chi connectivity index (χ1n) is 6.05. The molecular weight excluding hydrogens is 236 g/mol. The Labute approximate surface area is 106 Å². The predicted molar refractivity (Wildman–Crippen MR) is 69.1 cm³/mol. The Morgan fingerprint density at radius 3 is 3.00 bits per heavy atom. The number of nitrogen functional groups attached to an aromatic ring is 1. The molecule has 1 aliphatic rings. The van der Waals surface area contributed by atoms with Crippen molar-refractivity contribution in [3.05, 3.63) is 11.1 Å². The van der Waals surface area contributed by atoms with Gasteiger partial charge in [0.15, 0.2) is 5.13 Å². The summed E-state index contributed by atoms with van der Waals surface area (Å²) in [6.07, 6.45) is 3.73. The maximum atomic E-state index is 5.93. The van der Waals surface area contributed by atoms with Gasteiger partial charge in [0.1, 0.15) is 5.60 Å². The molecule has 0 radical (unpaired) electrons. The summed E-state index contributed by atoms with van der Waals surface area (Å²) in [7, 11) is 0. The zero-order valence-corrected chi connectivity index (χ0v) is 11.3. The summed E-state index contributed by atoms with van der Waals surface area (Å²) < 4.78 is 11.6. The number of nitrogens with zero attached hydrogens (tertiary/aromatic N) is 1. The smallest absolute Gasteiger partial charge is 0.180 e. The van der Waals surface area contributed by atoms with Crippen LogP contribution in [0.5, 0.6) is 0 Å². The van der Waals surface area contributed by atoms with E-state index in [1.54, 1.807) is 0 Å². The molecule has 96 valence electrons.